The first-order valence-electron chi connectivity index (χ1n) is 7.95. The number of nitrogens with two attached hydrogens (primary N) is 1. The summed E-state index contributed by atoms with van der Waals surface area (Å²) in [5, 5.41) is 2.37. The van der Waals surface area contributed by atoms with Crippen LogP contribution in [-0.2, 0) is 31.7 Å². The second-order valence-electron chi connectivity index (χ2n) is 5.81. The maximum atomic E-state index is 12.7. The summed E-state index contributed by atoms with van der Waals surface area (Å²) in [5.74, 6) is -2.70. The highest BCUT2D eigenvalue weighted by Gasteiger charge is 2.31. The zero-order valence-electron chi connectivity index (χ0n) is 14.4. The van der Waals surface area contributed by atoms with Gasteiger partial charge in [-0.25, -0.2) is 0 Å². The largest absolute Gasteiger partial charge is 0.466 e. The van der Waals surface area contributed by atoms with Crippen molar-refractivity contribution in [1.82, 2.24) is 5.32 Å². The standard InChI is InChI=1S/C17H21F3N2O4/c1-3-26-14(24)7-10(2)15(16(21)25)22-13(23)9-11-5-4-6-12(8-11)17(18,19)20/h4-6,8,10,15H,3,7,9H2,1-2H3,(H2,21,25)(H,22,23)/t10-,15+/m1/s1. The fourth-order valence-electron chi connectivity index (χ4n) is 2.36. The Hall–Kier alpha value is -2.58. The molecule has 9 heteroatoms. The molecule has 2 atom stereocenters. The van der Waals surface area contributed by atoms with Crippen molar-refractivity contribution in [3.05, 3.63) is 35.4 Å². The maximum Gasteiger partial charge on any atom is 0.416 e. The van der Waals surface area contributed by atoms with E-state index in [0.29, 0.717) is 0 Å². The molecule has 0 aliphatic carbocycles. The van der Waals surface area contributed by atoms with Gasteiger partial charge in [-0.2, -0.15) is 13.2 Å². The van der Waals surface area contributed by atoms with Crippen LogP contribution in [0.15, 0.2) is 24.3 Å². The lowest BCUT2D eigenvalue weighted by atomic mass is 9.97. The molecule has 0 radical (unpaired) electrons. The van der Waals surface area contributed by atoms with Crippen LogP contribution in [0.2, 0.25) is 0 Å². The molecule has 1 aromatic rings. The number of nitrogens with one attached hydrogen (secondary N) is 1. The zero-order chi connectivity index (χ0) is 19.9. The molecule has 0 spiro atoms. The topological polar surface area (TPSA) is 98.5 Å². The summed E-state index contributed by atoms with van der Waals surface area (Å²) in [6, 6.07) is 3.18. The van der Waals surface area contributed by atoms with Crippen molar-refractivity contribution in [2.45, 2.75) is 38.9 Å². The van der Waals surface area contributed by atoms with E-state index in [0.717, 1.165) is 12.1 Å². The molecule has 0 aliphatic rings. The molecule has 0 saturated heterocycles. The molecule has 0 bridgehead atoms. The molecule has 2 amide bonds. The molecule has 0 aromatic heterocycles. The van der Waals surface area contributed by atoms with E-state index in [9.17, 15) is 27.6 Å². The van der Waals surface area contributed by atoms with Crippen molar-refractivity contribution >= 4 is 17.8 Å². The summed E-state index contributed by atoms with van der Waals surface area (Å²) in [4.78, 5) is 35.1. The first-order chi connectivity index (χ1) is 12.0. The molecule has 1 aromatic carbocycles. The van der Waals surface area contributed by atoms with E-state index in [1.54, 1.807) is 6.92 Å². The monoisotopic (exact) mass is 374 g/mol. The Morgan fingerprint density at radius 2 is 1.92 bits per heavy atom. The molecule has 0 aliphatic heterocycles. The summed E-state index contributed by atoms with van der Waals surface area (Å²) in [6.07, 6.45) is -5.01. The Morgan fingerprint density at radius 3 is 2.46 bits per heavy atom. The number of primary amides is 1. The maximum absolute atomic E-state index is 12.7. The first kappa shape index (κ1) is 21.5. The van der Waals surface area contributed by atoms with Crippen molar-refractivity contribution in [3.63, 3.8) is 0 Å². The molecular weight excluding hydrogens is 353 g/mol. The summed E-state index contributed by atoms with van der Waals surface area (Å²) in [5.41, 5.74) is 4.52. The number of carbonyl (C=O) groups is 3. The van der Waals surface area contributed by atoms with Gasteiger partial charge in [-0.1, -0.05) is 25.1 Å². The van der Waals surface area contributed by atoms with Crippen LogP contribution in [0.4, 0.5) is 13.2 Å². The lowest BCUT2D eigenvalue weighted by Gasteiger charge is -2.21. The average molecular weight is 374 g/mol. The van der Waals surface area contributed by atoms with Crippen LogP contribution in [0.25, 0.3) is 0 Å². The molecule has 0 unspecified atom stereocenters. The molecule has 0 saturated carbocycles. The summed E-state index contributed by atoms with van der Waals surface area (Å²) >= 11 is 0. The molecule has 0 fully saturated rings. The molecule has 0 heterocycles. The second-order valence-corrected chi connectivity index (χ2v) is 5.81. The lowest BCUT2D eigenvalue weighted by Crippen LogP contribution is -2.49. The van der Waals surface area contributed by atoms with Gasteiger partial charge >= 0.3 is 12.1 Å². The minimum absolute atomic E-state index is 0.134. The van der Waals surface area contributed by atoms with Crippen molar-refractivity contribution < 1.29 is 32.3 Å². The van der Waals surface area contributed by atoms with E-state index in [4.69, 9.17) is 10.5 Å². The summed E-state index contributed by atoms with van der Waals surface area (Å²) < 4.78 is 42.9. The predicted molar refractivity (Wildman–Crippen MR) is 86.7 cm³/mol. The SMILES string of the molecule is CCOC(=O)C[C@@H](C)[C@H](NC(=O)Cc1cccc(C(F)(F)F)c1)C(N)=O. The van der Waals surface area contributed by atoms with Crippen LogP contribution in [0.3, 0.4) is 0 Å². The number of hydrogen-bond acceptors (Lipinski definition) is 4. The van der Waals surface area contributed by atoms with E-state index < -0.39 is 41.5 Å². The second kappa shape index (κ2) is 9.21. The Labute approximate surface area is 148 Å². The molecule has 144 valence electrons. The van der Waals surface area contributed by atoms with Gasteiger partial charge in [0.2, 0.25) is 11.8 Å². The third kappa shape index (κ3) is 6.73. The number of benzene rings is 1. The van der Waals surface area contributed by atoms with E-state index in [1.807, 2.05) is 0 Å². The van der Waals surface area contributed by atoms with E-state index in [1.165, 1.54) is 19.1 Å². The van der Waals surface area contributed by atoms with E-state index in [2.05, 4.69) is 5.32 Å². The lowest BCUT2D eigenvalue weighted by molar-refractivity contribution is -0.145. The van der Waals surface area contributed by atoms with Crippen LogP contribution < -0.4 is 11.1 Å². The van der Waals surface area contributed by atoms with Gasteiger partial charge in [-0.15, -0.1) is 0 Å². The predicted octanol–water partition coefficient (Wildman–Crippen LogP) is 1.81. The highest BCUT2D eigenvalue weighted by molar-refractivity contribution is 5.88. The molecule has 26 heavy (non-hydrogen) atoms. The van der Waals surface area contributed by atoms with Gasteiger partial charge < -0.3 is 15.8 Å². The van der Waals surface area contributed by atoms with Crippen LogP contribution >= 0.6 is 0 Å². The molecule has 1 rings (SSSR count). The van der Waals surface area contributed by atoms with E-state index in [-0.39, 0.29) is 25.0 Å². The number of carbonyl (C=O) groups excluding carboxylic acids is 3. The number of halogens is 3. The Bertz CT molecular complexity index is 662. The first-order valence-corrected chi connectivity index (χ1v) is 7.95. The number of amides is 2. The quantitative estimate of drug-likeness (QED) is 0.678. The smallest absolute Gasteiger partial charge is 0.416 e. The van der Waals surface area contributed by atoms with Crippen molar-refractivity contribution in [2.24, 2.45) is 11.7 Å². The van der Waals surface area contributed by atoms with E-state index >= 15 is 0 Å². The van der Waals surface area contributed by atoms with Crippen LogP contribution in [-0.4, -0.2) is 30.4 Å². The van der Waals surface area contributed by atoms with Crippen molar-refractivity contribution in [3.8, 4) is 0 Å². The molecule has 6 nitrogen and oxygen atoms in total. The van der Waals surface area contributed by atoms with Crippen molar-refractivity contribution in [2.75, 3.05) is 6.61 Å². The van der Waals surface area contributed by atoms with Gasteiger partial charge in [0.15, 0.2) is 0 Å². The Morgan fingerprint density at radius 1 is 1.27 bits per heavy atom. The third-order valence-electron chi connectivity index (χ3n) is 3.61. The fourth-order valence-corrected chi connectivity index (χ4v) is 2.36. The van der Waals surface area contributed by atoms with Gasteiger partial charge in [0.1, 0.15) is 6.04 Å². The number of alkyl halides is 3. The van der Waals surface area contributed by atoms with Gasteiger partial charge in [-0.05, 0) is 24.5 Å². The molecule has 3 N–H and O–H groups in total. The Balaban J connectivity index is 2.76. The highest BCUT2D eigenvalue weighted by atomic mass is 19.4. The van der Waals surface area contributed by atoms with Crippen molar-refractivity contribution in [1.29, 1.82) is 0 Å². The molecular formula is C17H21F3N2O4. The van der Waals surface area contributed by atoms with Crippen LogP contribution in [0.5, 0.6) is 0 Å². The number of hydrogen-bond donors (Lipinski definition) is 2. The minimum Gasteiger partial charge on any atom is -0.466 e. The van der Waals surface area contributed by atoms with Gasteiger partial charge in [0, 0.05) is 0 Å². The summed E-state index contributed by atoms with van der Waals surface area (Å²) in [7, 11) is 0. The number of ether oxygens (including phenoxy) is 1. The van der Waals surface area contributed by atoms with Gasteiger partial charge in [0.05, 0.1) is 25.0 Å². The highest BCUT2D eigenvalue weighted by Crippen LogP contribution is 2.29. The zero-order valence-corrected chi connectivity index (χ0v) is 14.4. The minimum atomic E-state index is -4.52. The summed E-state index contributed by atoms with van der Waals surface area (Å²) in [6.45, 7) is 3.34. The number of esters is 1. The third-order valence-corrected chi connectivity index (χ3v) is 3.61. The Kier molecular flexibility index (Phi) is 7.60. The number of rotatable bonds is 8. The van der Waals surface area contributed by atoms with Crippen LogP contribution in [0.1, 0.15) is 31.4 Å². The van der Waals surface area contributed by atoms with Gasteiger partial charge in [0.25, 0.3) is 0 Å². The average Bonchev–Trinajstić information content (AvgIpc) is 2.51. The van der Waals surface area contributed by atoms with Crippen LogP contribution in [0, 0.1) is 5.92 Å². The fraction of sp³-hybridized carbons (Fsp3) is 0.471. The van der Waals surface area contributed by atoms with Gasteiger partial charge in [-0.3, -0.25) is 14.4 Å². The normalized spacial score (nSPS) is 13.6.